The number of hydrogen-bond donors (Lipinski definition) is 1. The van der Waals surface area contributed by atoms with Crippen LogP contribution < -0.4 is 5.32 Å². The highest BCUT2D eigenvalue weighted by Gasteiger charge is 2.07. The quantitative estimate of drug-likeness (QED) is 0.787. The van der Waals surface area contributed by atoms with Gasteiger partial charge in [0.2, 0.25) is 0 Å². The van der Waals surface area contributed by atoms with Crippen molar-refractivity contribution < 1.29 is 6.16 Å². The van der Waals surface area contributed by atoms with Crippen molar-refractivity contribution in [3.8, 4) is 0 Å². The Bertz CT molecular complexity index is 137. The van der Waals surface area contributed by atoms with E-state index in [1.807, 2.05) is 0 Å². The van der Waals surface area contributed by atoms with E-state index in [1.54, 1.807) is 0 Å². The molecule has 1 N–H and O–H groups in total. The van der Waals surface area contributed by atoms with Gasteiger partial charge in [0.05, 0.1) is 13.2 Å². The number of nitrogens with zero attached hydrogens (tertiary/aromatic N) is 1. The van der Waals surface area contributed by atoms with Crippen LogP contribution in [0.25, 0.3) is 0 Å². The Balaban J connectivity index is 0. The van der Waals surface area contributed by atoms with E-state index in [0.717, 1.165) is 32.8 Å². The third-order valence-electron chi connectivity index (χ3n) is 2.45. The van der Waals surface area contributed by atoms with Crippen LogP contribution in [0.15, 0.2) is 0 Å². The smallest absolute Gasteiger partial charge is 0.0594 e. The monoisotopic (exact) mass is 232 g/mol. The molecule has 3 nitrogen and oxygen atoms in total. The average molecular weight is 232 g/mol. The van der Waals surface area contributed by atoms with Crippen molar-refractivity contribution in [1.29, 1.82) is 0 Å². The first-order chi connectivity index (χ1) is 7.70. The van der Waals surface area contributed by atoms with Crippen LogP contribution in [0, 0.1) is 0 Å². The standard InChI is InChI=1S/C7H15NO.C6H15N.H2/c1-2-3-8-4-6-9-7-5-8;1-4-5-7-6(2)3;/h2-7H2,1H3;6-7H,4-5H2,1-3H3;1H. The van der Waals surface area contributed by atoms with Gasteiger partial charge in [-0.3, -0.25) is 4.90 Å². The van der Waals surface area contributed by atoms with Crippen LogP contribution in [-0.2, 0) is 4.74 Å². The SMILES string of the molecule is CCCN1CCOCC1.CCCNC(C)C.[HH]. The number of nitrogens with one attached hydrogen (secondary N) is 1. The maximum Gasteiger partial charge on any atom is 0.0594 e. The van der Waals surface area contributed by atoms with Crippen LogP contribution in [0.2, 0.25) is 0 Å². The molecule has 0 bridgehead atoms. The molecule has 1 saturated heterocycles. The molecule has 100 valence electrons. The van der Waals surface area contributed by atoms with Crippen LogP contribution in [-0.4, -0.2) is 50.3 Å². The van der Waals surface area contributed by atoms with E-state index in [-0.39, 0.29) is 1.43 Å². The minimum Gasteiger partial charge on any atom is -0.379 e. The minimum absolute atomic E-state index is 0. The zero-order valence-electron chi connectivity index (χ0n) is 11.6. The number of ether oxygens (including phenoxy) is 1. The molecule has 1 aliphatic heterocycles. The van der Waals surface area contributed by atoms with Crippen LogP contribution >= 0.6 is 0 Å². The molecule has 0 saturated carbocycles. The fraction of sp³-hybridized carbons (Fsp3) is 1.00. The van der Waals surface area contributed by atoms with Crippen molar-refractivity contribution in [2.75, 3.05) is 39.4 Å². The molecule has 0 aromatic carbocycles. The Hall–Kier alpha value is -0.120. The molecule has 0 unspecified atom stereocenters. The van der Waals surface area contributed by atoms with Crippen molar-refractivity contribution in [3.63, 3.8) is 0 Å². The summed E-state index contributed by atoms with van der Waals surface area (Å²) in [6.45, 7) is 15.2. The van der Waals surface area contributed by atoms with Crippen molar-refractivity contribution >= 4 is 0 Å². The lowest BCUT2D eigenvalue weighted by Gasteiger charge is -2.25. The van der Waals surface area contributed by atoms with Crippen molar-refractivity contribution in [2.45, 2.75) is 46.6 Å². The third kappa shape index (κ3) is 10.4. The van der Waals surface area contributed by atoms with Crippen molar-refractivity contribution in [1.82, 2.24) is 10.2 Å². The van der Waals surface area contributed by atoms with E-state index in [9.17, 15) is 0 Å². The molecule has 1 aliphatic rings. The molecule has 0 aromatic heterocycles. The zero-order chi connectivity index (χ0) is 12.2. The fourth-order valence-electron chi connectivity index (χ4n) is 1.57. The molecule has 0 aliphatic carbocycles. The molecular weight excluding hydrogens is 200 g/mol. The van der Waals surface area contributed by atoms with Gasteiger partial charge in [-0.1, -0.05) is 27.7 Å². The summed E-state index contributed by atoms with van der Waals surface area (Å²) in [5, 5.41) is 3.30. The predicted octanol–water partition coefficient (Wildman–Crippen LogP) is 2.37. The molecule has 1 rings (SSSR count). The normalized spacial score (nSPS) is 17.1. The predicted molar refractivity (Wildman–Crippen MR) is 73.1 cm³/mol. The number of rotatable bonds is 5. The third-order valence-corrected chi connectivity index (χ3v) is 2.45. The lowest BCUT2D eigenvalue weighted by atomic mass is 10.4. The largest absolute Gasteiger partial charge is 0.379 e. The summed E-state index contributed by atoms with van der Waals surface area (Å²) >= 11 is 0. The molecule has 1 fully saturated rings. The molecule has 0 aromatic rings. The van der Waals surface area contributed by atoms with Gasteiger partial charge in [0.15, 0.2) is 0 Å². The van der Waals surface area contributed by atoms with E-state index in [2.05, 4.69) is 37.9 Å². The first kappa shape index (κ1) is 15.9. The maximum absolute atomic E-state index is 5.20. The summed E-state index contributed by atoms with van der Waals surface area (Å²) in [6.07, 6.45) is 2.50. The van der Waals surface area contributed by atoms with Gasteiger partial charge in [-0.05, 0) is 25.9 Å². The Morgan fingerprint density at radius 2 is 1.81 bits per heavy atom. The van der Waals surface area contributed by atoms with Gasteiger partial charge in [0, 0.05) is 20.6 Å². The maximum atomic E-state index is 5.20. The summed E-state index contributed by atoms with van der Waals surface area (Å²) in [5.41, 5.74) is 0. The lowest BCUT2D eigenvalue weighted by molar-refractivity contribution is 0.0380. The van der Waals surface area contributed by atoms with Gasteiger partial charge >= 0.3 is 0 Å². The van der Waals surface area contributed by atoms with Gasteiger partial charge in [0.25, 0.3) is 0 Å². The van der Waals surface area contributed by atoms with E-state index in [0.29, 0.717) is 6.04 Å². The summed E-state index contributed by atoms with van der Waals surface area (Å²) in [4.78, 5) is 2.45. The molecule has 16 heavy (non-hydrogen) atoms. The Morgan fingerprint density at radius 1 is 1.19 bits per heavy atom. The lowest BCUT2D eigenvalue weighted by Crippen LogP contribution is -2.36. The van der Waals surface area contributed by atoms with Gasteiger partial charge in [0.1, 0.15) is 0 Å². The number of morpholine rings is 1. The highest BCUT2D eigenvalue weighted by molar-refractivity contribution is 4.59. The van der Waals surface area contributed by atoms with E-state index >= 15 is 0 Å². The van der Waals surface area contributed by atoms with Gasteiger partial charge < -0.3 is 10.1 Å². The highest BCUT2D eigenvalue weighted by Crippen LogP contribution is 1.96. The van der Waals surface area contributed by atoms with E-state index < -0.39 is 0 Å². The Morgan fingerprint density at radius 3 is 2.19 bits per heavy atom. The second-order valence-corrected chi connectivity index (χ2v) is 4.56. The van der Waals surface area contributed by atoms with Crippen LogP contribution in [0.5, 0.6) is 0 Å². The molecule has 0 amide bonds. The zero-order valence-corrected chi connectivity index (χ0v) is 11.6. The summed E-state index contributed by atoms with van der Waals surface area (Å²) in [5.74, 6) is 0. The highest BCUT2D eigenvalue weighted by atomic mass is 16.5. The van der Waals surface area contributed by atoms with Crippen LogP contribution in [0.4, 0.5) is 0 Å². The van der Waals surface area contributed by atoms with E-state index in [4.69, 9.17) is 4.74 Å². The van der Waals surface area contributed by atoms with Gasteiger partial charge in [-0.15, -0.1) is 0 Å². The van der Waals surface area contributed by atoms with Gasteiger partial charge in [-0.2, -0.15) is 0 Å². The summed E-state index contributed by atoms with van der Waals surface area (Å²) < 4.78 is 5.20. The first-order valence-electron chi connectivity index (χ1n) is 6.74. The van der Waals surface area contributed by atoms with Crippen molar-refractivity contribution in [3.05, 3.63) is 0 Å². The second kappa shape index (κ2) is 11.4. The van der Waals surface area contributed by atoms with Crippen LogP contribution in [0.3, 0.4) is 0 Å². The molecule has 0 radical (unpaired) electrons. The molecular formula is C13H32N2O. The molecule has 0 atom stereocenters. The summed E-state index contributed by atoms with van der Waals surface area (Å²) in [6, 6.07) is 0.653. The van der Waals surface area contributed by atoms with E-state index in [1.165, 1.54) is 19.4 Å². The van der Waals surface area contributed by atoms with Gasteiger partial charge in [-0.25, -0.2) is 0 Å². The Labute approximate surface area is 103 Å². The topological polar surface area (TPSA) is 24.5 Å². The number of hydrogen-bond acceptors (Lipinski definition) is 3. The van der Waals surface area contributed by atoms with Crippen molar-refractivity contribution in [2.24, 2.45) is 0 Å². The fourth-order valence-corrected chi connectivity index (χ4v) is 1.57. The molecule has 0 spiro atoms. The Kier molecular flexibility index (Phi) is 11.3. The average Bonchev–Trinajstić information content (AvgIpc) is 2.29. The first-order valence-corrected chi connectivity index (χ1v) is 6.74. The molecule has 3 heteroatoms. The van der Waals surface area contributed by atoms with Crippen LogP contribution in [0.1, 0.15) is 42.0 Å². The second-order valence-electron chi connectivity index (χ2n) is 4.56. The molecule has 1 heterocycles. The summed E-state index contributed by atoms with van der Waals surface area (Å²) in [7, 11) is 0. The minimum atomic E-state index is 0.